The monoisotopic (exact) mass is 528 g/mol. The molecule has 1 saturated heterocycles. The van der Waals surface area contributed by atoms with Gasteiger partial charge in [-0.1, -0.05) is 49.2 Å². The fourth-order valence-corrected chi connectivity index (χ4v) is 4.99. The molecule has 6 nitrogen and oxygen atoms in total. The summed E-state index contributed by atoms with van der Waals surface area (Å²) in [6.07, 6.45) is 3.16. The molecule has 0 spiro atoms. The maximum absolute atomic E-state index is 10.7. The highest BCUT2D eigenvalue weighted by molar-refractivity contribution is 6.42. The minimum absolute atomic E-state index is 0.197. The third-order valence-electron chi connectivity index (χ3n) is 6.73. The van der Waals surface area contributed by atoms with Crippen LogP contribution in [0.2, 0.25) is 10.0 Å². The standard InChI is InChI=1S/C28H30Cl2N2O4/c1-17(2)27-14-31-28(36-27)26-13-21-24(4-3-5-25(21)35-26)34-16-20(33)15-32-10-8-18(9-11-32)19-6-7-22(29)23(30)12-19/h3-7,12-14,17-18,20,33H,8-11,15-16H2,1-2H3. The number of β-amino-alcohol motifs (C(OH)–C–C–N with tert-alkyl or cyclic N) is 1. The number of rotatable bonds is 8. The molecule has 0 bridgehead atoms. The number of aromatic nitrogens is 1. The zero-order chi connectivity index (χ0) is 25.2. The Hall–Kier alpha value is -2.51. The first-order valence-electron chi connectivity index (χ1n) is 12.3. The van der Waals surface area contributed by atoms with E-state index in [9.17, 15) is 5.11 Å². The number of aliphatic hydroxyl groups is 1. The molecule has 1 aliphatic heterocycles. The van der Waals surface area contributed by atoms with E-state index in [0.717, 1.165) is 37.1 Å². The summed E-state index contributed by atoms with van der Waals surface area (Å²) < 4.78 is 17.8. The number of ether oxygens (including phenoxy) is 1. The molecule has 8 heteroatoms. The fraction of sp³-hybridized carbons (Fsp3) is 0.393. The zero-order valence-electron chi connectivity index (χ0n) is 20.4. The van der Waals surface area contributed by atoms with Crippen molar-refractivity contribution in [2.45, 2.75) is 44.6 Å². The number of halogens is 2. The lowest BCUT2D eigenvalue weighted by atomic mass is 9.89. The van der Waals surface area contributed by atoms with Gasteiger partial charge in [-0.3, -0.25) is 0 Å². The molecule has 1 atom stereocenters. The van der Waals surface area contributed by atoms with E-state index in [0.29, 0.717) is 45.5 Å². The smallest absolute Gasteiger partial charge is 0.263 e. The number of nitrogens with zero attached hydrogens (tertiary/aromatic N) is 2. The fourth-order valence-electron chi connectivity index (χ4n) is 4.68. The number of piperidine rings is 1. The Kier molecular flexibility index (Phi) is 7.58. The summed E-state index contributed by atoms with van der Waals surface area (Å²) in [6.45, 7) is 6.70. The molecule has 5 rings (SSSR count). The Labute approximate surface area is 220 Å². The van der Waals surface area contributed by atoms with Crippen LogP contribution in [-0.4, -0.2) is 47.3 Å². The second-order valence-electron chi connectivity index (χ2n) is 9.71. The van der Waals surface area contributed by atoms with Crippen LogP contribution < -0.4 is 4.74 Å². The van der Waals surface area contributed by atoms with E-state index >= 15 is 0 Å². The molecule has 3 heterocycles. The summed E-state index contributed by atoms with van der Waals surface area (Å²) in [5.74, 6) is 3.18. The van der Waals surface area contributed by atoms with Crippen LogP contribution in [0.25, 0.3) is 22.6 Å². The van der Waals surface area contributed by atoms with E-state index in [4.69, 9.17) is 36.8 Å². The van der Waals surface area contributed by atoms with Gasteiger partial charge in [-0.25, -0.2) is 4.98 Å². The summed E-state index contributed by atoms with van der Waals surface area (Å²) >= 11 is 12.2. The number of furan rings is 1. The Balaban J connectivity index is 1.16. The predicted octanol–water partition coefficient (Wildman–Crippen LogP) is 7.14. The van der Waals surface area contributed by atoms with Crippen LogP contribution >= 0.6 is 23.2 Å². The molecule has 190 valence electrons. The molecule has 1 N–H and O–H groups in total. The predicted molar refractivity (Wildman–Crippen MR) is 142 cm³/mol. The third-order valence-corrected chi connectivity index (χ3v) is 7.47. The quantitative estimate of drug-likeness (QED) is 0.262. The van der Waals surface area contributed by atoms with Crippen molar-refractivity contribution in [3.05, 3.63) is 70.0 Å². The maximum atomic E-state index is 10.7. The van der Waals surface area contributed by atoms with E-state index in [-0.39, 0.29) is 12.5 Å². The van der Waals surface area contributed by atoms with Crippen molar-refractivity contribution in [3.8, 4) is 17.4 Å². The highest BCUT2D eigenvalue weighted by Crippen LogP contribution is 2.35. The Bertz CT molecular complexity index is 1320. The van der Waals surface area contributed by atoms with Crippen molar-refractivity contribution in [2.75, 3.05) is 26.2 Å². The molecule has 0 saturated carbocycles. The molecule has 2 aromatic heterocycles. The number of aliphatic hydroxyl groups excluding tert-OH is 1. The third kappa shape index (κ3) is 5.57. The second kappa shape index (κ2) is 10.9. The summed E-state index contributed by atoms with van der Waals surface area (Å²) in [4.78, 5) is 6.63. The van der Waals surface area contributed by atoms with Gasteiger partial charge in [0.1, 0.15) is 29.8 Å². The highest BCUT2D eigenvalue weighted by Gasteiger charge is 2.23. The SMILES string of the molecule is CC(C)c1cnc(-c2cc3c(OCC(O)CN4CCC(c5ccc(Cl)c(Cl)c5)CC4)cccc3o2)o1. The lowest BCUT2D eigenvalue weighted by molar-refractivity contribution is 0.0599. The van der Waals surface area contributed by atoms with Gasteiger partial charge in [0.05, 0.1) is 21.6 Å². The molecule has 0 amide bonds. The molecule has 4 aromatic rings. The Morgan fingerprint density at radius 1 is 1.08 bits per heavy atom. The summed E-state index contributed by atoms with van der Waals surface area (Å²) in [5.41, 5.74) is 1.91. The molecular weight excluding hydrogens is 499 g/mol. The Morgan fingerprint density at radius 2 is 1.89 bits per heavy atom. The number of hydrogen-bond donors (Lipinski definition) is 1. The number of likely N-dealkylation sites (tertiary alicyclic amines) is 1. The van der Waals surface area contributed by atoms with Crippen molar-refractivity contribution in [1.29, 1.82) is 0 Å². The molecule has 0 aliphatic carbocycles. The van der Waals surface area contributed by atoms with Crippen molar-refractivity contribution >= 4 is 34.2 Å². The lowest BCUT2D eigenvalue weighted by Crippen LogP contribution is -2.40. The number of oxazole rings is 1. The van der Waals surface area contributed by atoms with E-state index in [1.165, 1.54) is 5.56 Å². The molecular formula is C28H30Cl2N2O4. The average molecular weight is 529 g/mol. The van der Waals surface area contributed by atoms with Crippen LogP contribution in [0.1, 0.15) is 49.8 Å². The first kappa shape index (κ1) is 25.2. The molecule has 2 aromatic carbocycles. The minimum atomic E-state index is -0.603. The first-order chi connectivity index (χ1) is 17.4. The van der Waals surface area contributed by atoms with Crippen LogP contribution in [0, 0.1) is 0 Å². The average Bonchev–Trinajstić information content (AvgIpc) is 3.53. The van der Waals surface area contributed by atoms with Gasteiger partial charge in [0.25, 0.3) is 5.89 Å². The van der Waals surface area contributed by atoms with Gasteiger partial charge in [-0.2, -0.15) is 0 Å². The molecule has 1 fully saturated rings. The zero-order valence-corrected chi connectivity index (χ0v) is 21.9. The van der Waals surface area contributed by atoms with Crippen molar-refractivity contribution < 1.29 is 18.7 Å². The van der Waals surface area contributed by atoms with E-state index in [1.54, 1.807) is 6.20 Å². The van der Waals surface area contributed by atoms with Gasteiger partial charge in [-0.05, 0) is 61.7 Å². The Morgan fingerprint density at radius 3 is 2.61 bits per heavy atom. The second-order valence-corrected chi connectivity index (χ2v) is 10.5. The molecule has 0 radical (unpaired) electrons. The van der Waals surface area contributed by atoms with Crippen molar-refractivity contribution in [2.24, 2.45) is 0 Å². The lowest BCUT2D eigenvalue weighted by Gasteiger charge is -2.33. The van der Waals surface area contributed by atoms with Crippen LogP contribution in [0.3, 0.4) is 0 Å². The van der Waals surface area contributed by atoms with Gasteiger partial charge in [0, 0.05) is 18.5 Å². The van der Waals surface area contributed by atoms with Crippen LogP contribution in [0.5, 0.6) is 5.75 Å². The van der Waals surface area contributed by atoms with Crippen molar-refractivity contribution in [3.63, 3.8) is 0 Å². The van der Waals surface area contributed by atoms with E-state index in [2.05, 4.69) is 29.8 Å². The van der Waals surface area contributed by atoms with E-state index < -0.39 is 6.10 Å². The van der Waals surface area contributed by atoms with Crippen LogP contribution in [0.4, 0.5) is 0 Å². The van der Waals surface area contributed by atoms with Gasteiger partial charge < -0.3 is 23.6 Å². The molecule has 36 heavy (non-hydrogen) atoms. The van der Waals surface area contributed by atoms with E-state index in [1.807, 2.05) is 36.4 Å². The van der Waals surface area contributed by atoms with Gasteiger partial charge >= 0.3 is 0 Å². The van der Waals surface area contributed by atoms with Gasteiger partial charge in [0.2, 0.25) is 0 Å². The summed E-state index contributed by atoms with van der Waals surface area (Å²) in [5, 5.41) is 12.7. The maximum Gasteiger partial charge on any atom is 0.263 e. The minimum Gasteiger partial charge on any atom is -0.490 e. The first-order valence-corrected chi connectivity index (χ1v) is 13.1. The van der Waals surface area contributed by atoms with Crippen molar-refractivity contribution in [1.82, 2.24) is 9.88 Å². The summed E-state index contributed by atoms with van der Waals surface area (Å²) in [6, 6.07) is 13.4. The van der Waals surface area contributed by atoms with Gasteiger partial charge in [-0.15, -0.1) is 0 Å². The normalized spacial score (nSPS) is 16.2. The van der Waals surface area contributed by atoms with Crippen LogP contribution in [-0.2, 0) is 0 Å². The number of hydrogen-bond acceptors (Lipinski definition) is 6. The molecule has 1 unspecified atom stereocenters. The largest absolute Gasteiger partial charge is 0.490 e. The number of fused-ring (bicyclic) bond motifs is 1. The number of benzene rings is 2. The topological polar surface area (TPSA) is 71.9 Å². The van der Waals surface area contributed by atoms with Crippen LogP contribution in [0.15, 0.2) is 57.5 Å². The van der Waals surface area contributed by atoms with Gasteiger partial charge in [0.15, 0.2) is 5.76 Å². The highest BCUT2D eigenvalue weighted by atomic mass is 35.5. The molecule has 1 aliphatic rings. The summed E-state index contributed by atoms with van der Waals surface area (Å²) in [7, 11) is 0.